The minimum Gasteiger partial charge on any atom is -0.493 e. The van der Waals surface area contributed by atoms with Crippen LogP contribution < -0.4 is 19.6 Å². The molecule has 0 amide bonds. The number of benzene rings is 2. The van der Waals surface area contributed by atoms with Gasteiger partial charge in [0.25, 0.3) is 0 Å². The summed E-state index contributed by atoms with van der Waals surface area (Å²) in [6.45, 7) is 1.89. The molecule has 0 saturated heterocycles. The van der Waals surface area contributed by atoms with Crippen molar-refractivity contribution in [1.29, 1.82) is 0 Å². The van der Waals surface area contributed by atoms with Crippen LogP contribution in [-0.4, -0.2) is 27.0 Å². The van der Waals surface area contributed by atoms with Gasteiger partial charge in [0.2, 0.25) is 5.75 Å². The number of anilines is 1. The van der Waals surface area contributed by atoms with E-state index in [0.29, 0.717) is 22.3 Å². The highest BCUT2D eigenvalue weighted by molar-refractivity contribution is 6.30. The van der Waals surface area contributed by atoms with E-state index in [1.54, 1.807) is 27.4 Å². The largest absolute Gasteiger partial charge is 0.493 e. The molecule has 0 heterocycles. The van der Waals surface area contributed by atoms with Gasteiger partial charge in [-0.05, 0) is 37.3 Å². The van der Waals surface area contributed by atoms with Gasteiger partial charge in [-0.3, -0.25) is 5.43 Å². The topological polar surface area (TPSA) is 52.1 Å². The Bertz CT molecular complexity index is 692. The first-order valence-corrected chi connectivity index (χ1v) is 7.33. The quantitative estimate of drug-likeness (QED) is 0.635. The highest BCUT2D eigenvalue weighted by atomic mass is 35.5. The molecule has 0 saturated carbocycles. The molecule has 23 heavy (non-hydrogen) atoms. The lowest BCUT2D eigenvalue weighted by atomic mass is 10.1. The Kier molecular flexibility index (Phi) is 5.71. The van der Waals surface area contributed by atoms with Gasteiger partial charge in [0.15, 0.2) is 11.5 Å². The second-order valence-electron chi connectivity index (χ2n) is 4.73. The van der Waals surface area contributed by atoms with Gasteiger partial charge in [-0.1, -0.05) is 17.7 Å². The summed E-state index contributed by atoms with van der Waals surface area (Å²) in [5.41, 5.74) is 5.41. The fourth-order valence-electron chi connectivity index (χ4n) is 2.06. The van der Waals surface area contributed by atoms with Crippen molar-refractivity contribution < 1.29 is 14.2 Å². The molecule has 0 atom stereocenters. The lowest BCUT2D eigenvalue weighted by Crippen LogP contribution is -2.03. The fraction of sp³-hybridized carbons (Fsp3) is 0.235. The van der Waals surface area contributed by atoms with Gasteiger partial charge in [0.05, 0.1) is 32.7 Å². The van der Waals surface area contributed by atoms with Gasteiger partial charge in [0, 0.05) is 10.6 Å². The molecule has 122 valence electrons. The number of methoxy groups -OCH3 is 3. The molecule has 6 heteroatoms. The molecule has 0 unspecified atom stereocenters. The smallest absolute Gasteiger partial charge is 0.203 e. The average molecular weight is 335 g/mol. The summed E-state index contributed by atoms with van der Waals surface area (Å²) < 4.78 is 16.0. The van der Waals surface area contributed by atoms with Crippen LogP contribution in [-0.2, 0) is 0 Å². The summed E-state index contributed by atoms with van der Waals surface area (Å²) in [5, 5.41) is 5.02. The fourth-order valence-corrected chi connectivity index (χ4v) is 2.25. The standard InChI is InChI=1S/C17H19ClN2O3/c1-11(19-20-14-7-5-6-13(18)10-14)12-8-15(21-2)17(23-4)16(9-12)22-3/h5-10,20H,1-4H3/b19-11+. The van der Waals surface area contributed by atoms with E-state index in [-0.39, 0.29) is 0 Å². The average Bonchev–Trinajstić information content (AvgIpc) is 2.58. The normalized spacial score (nSPS) is 11.1. The van der Waals surface area contributed by atoms with E-state index in [9.17, 15) is 0 Å². The number of hydrogen-bond acceptors (Lipinski definition) is 5. The van der Waals surface area contributed by atoms with Gasteiger partial charge >= 0.3 is 0 Å². The zero-order valence-electron chi connectivity index (χ0n) is 13.5. The zero-order chi connectivity index (χ0) is 16.8. The highest BCUT2D eigenvalue weighted by Gasteiger charge is 2.14. The van der Waals surface area contributed by atoms with Crippen LogP contribution in [0.15, 0.2) is 41.5 Å². The molecule has 2 rings (SSSR count). The number of halogens is 1. The van der Waals surface area contributed by atoms with Crippen molar-refractivity contribution in [2.75, 3.05) is 26.8 Å². The van der Waals surface area contributed by atoms with Crippen molar-refractivity contribution in [2.24, 2.45) is 5.10 Å². The van der Waals surface area contributed by atoms with E-state index < -0.39 is 0 Å². The van der Waals surface area contributed by atoms with Gasteiger partial charge in [-0.15, -0.1) is 0 Å². The van der Waals surface area contributed by atoms with Crippen LogP contribution in [0, 0.1) is 0 Å². The Morgan fingerprint density at radius 1 is 1.00 bits per heavy atom. The van der Waals surface area contributed by atoms with Gasteiger partial charge in [0.1, 0.15) is 0 Å². The van der Waals surface area contributed by atoms with E-state index in [1.165, 1.54) is 0 Å². The molecule has 5 nitrogen and oxygen atoms in total. The van der Waals surface area contributed by atoms with Crippen molar-refractivity contribution in [1.82, 2.24) is 0 Å². The number of nitrogens with one attached hydrogen (secondary N) is 1. The minimum absolute atomic E-state index is 0.550. The zero-order valence-corrected chi connectivity index (χ0v) is 14.3. The van der Waals surface area contributed by atoms with Crippen LogP contribution in [0.4, 0.5) is 5.69 Å². The maximum absolute atomic E-state index is 5.95. The second-order valence-corrected chi connectivity index (χ2v) is 5.17. The highest BCUT2D eigenvalue weighted by Crippen LogP contribution is 2.38. The Morgan fingerprint density at radius 3 is 2.17 bits per heavy atom. The molecule has 0 bridgehead atoms. The summed E-state index contributed by atoms with van der Waals surface area (Å²) in [6.07, 6.45) is 0. The van der Waals surface area contributed by atoms with E-state index in [4.69, 9.17) is 25.8 Å². The van der Waals surface area contributed by atoms with Gasteiger partial charge in [-0.2, -0.15) is 5.10 Å². The summed E-state index contributed by atoms with van der Waals surface area (Å²) in [6, 6.07) is 11.0. The van der Waals surface area contributed by atoms with E-state index in [2.05, 4.69) is 10.5 Å². The summed E-state index contributed by atoms with van der Waals surface area (Å²) in [7, 11) is 4.73. The molecule has 1 N–H and O–H groups in total. The third kappa shape index (κ3) is 4.07. The maximum Gasteiger partial charge on any atom is 0.203 e. The molecule has 0 aromatic heterocycles. The number of ether oxygens (including phenoxy) is 3. The lowest BCUT2D eigenvalue weighted by Gasteiger charge is -2.14. The molecule has 0 fully saturated rings. The Hall–Kier alpha value is -2.40. The first-order chi connectivity index (χ1) is 11.1. The van der Waals surface area contributed by atoms with E-state index >= 15 is 0 Å². The summed E-state index contributed by atoms with van der Waals surface area (Å²) in [5.74, 6) is 1.72. The van der Waals surface area contributed by atoms with Gasteiger partial charge < -0.3 is 14.2 Å². The van der Waals surface area contributed by atoms with Crippen LogP contribution in [0.3, 0.4) is 0 Å². The van der Waals surface area contributed by atoms with Crippen LogP contribution in [0.2, 0.25) is 5.02 Å². The van der Waals surface area contributed by atoms with Crippen molar-refractivity contribution in [3.63, 3.8) is 0 Å². The Labute approximate surface area is 140 Å². The van der Waals surface area contributed by atoms with Crippen molar-refractivity contribution >= 4 is 23.0 Å². The number of hydrogen-bond donors (Lipinski definition) is 1. The SMILES string of the molecule is COc1cc(/C(C)=N/Nc2cccc(Cl)c2)cc(OC)c1OC. The summed E-state index contributed by atoms with van der Waals surface area (Å²) >= 11 is 5.95. The van der Waals surface area contributed by atoms with Crippen LogP contribution in [0.25, 0.3) is 0 Å². The third-order valence-electron chi connectivity index (χ3n) is 3.26. The first kappa shape index (κ1) is 17.0. The molecular formula is C17H19ClN2O3. The van der Waals surface area contributed by atoms with E-state index in [0.717, 1.165) is 17.0 Å². The van der Waals surface area contributed by atoms with Crippen LogP contribution in [0.1, 0.15) is 12.5 Å². The molecule has 0 aliphatic carbocycles. The van der Waals surface area contributed by atoms with Crippen molar-refractivity contribution in [3.8, 4) is 17.2 Å². The van der Waals surface area contributed by atoms with Gasteiger partial charge in [-0.25, -0.2) is 0 Å². The maximum atomic E-state index is 5.95. The first-order valence-electron chi connectivity index (χ1n) is 6.95. The molecule has 0 aliphatic heterocycles. The summed E-state index contributed by atoms with van der Waals surface area (Å²) in [4.78, 5) is 0. The van der Waals surface area contributed by atoms with Crippen molar-refractivity contribution in [3.05, 3.63) is 47.0 Å². The van der Waals surface area contributed by atoms with Crippen LogP contribution >= 0.6 is 11.6 Å². The molecular weight excluding hydrogens is 316 g/mol. The van der Waals surface area contributed by atoms with Crippen LogP contribution in [0.5, 0.6) is 17.2 Å². The predicted molar refractivity (Wildman–Crippen MR) is 93.4 cm³/mol. The van der Waals surface area contributed by atoms with Crippen molar-refractivity contribution in [2.45, 2.75) is 6.92 Å². The molecule has 0 spiro atoms. The molecule has 0 aliphatic rings. The second kappa shape index (κ2) is 7.74. The Morgan fingerprint density at radius 2 is 1.65 bits per heavy atom. The molecule has 0 radical (unpaired) electrons. The molecule has 2 aromatic carbocycles. The minimum atomic E-state index is 0.550. The number of nitrogens with zero attached hydrogens (tertiary/aromatic N) is 1. The predicted octanol–water partition coefficient (Wildman–Crippen LogP) is 4.20. The molecule has 2 aromatic rings. The third-order valence-corrected chi connectivity index (χ3v) is 3.49. The monoisotopic (exact) mass is 334 g/mol. The Balaban J connectivity index is 2.31. The van der Waals surface area contributed by atoms with E-state index in [1.807, 2.05) is 37.3 Å². The lowest BCUT2D eigenvalue weighted by molar-refractivity contribution is 0.324. The number of rotatable bonds is 6. The number of hydrazone groups is 1.